The van der Waals surface area contributed by atoms with Crippen molar-refractivity contribution in [2.75, 3.05) is 38.0 Å². The molecule has 0 aliphatic carbocycles. The van der Waals surface area contributed by atoms with E-state index in [1.165, 1.54) is 33.6 Å². The predicted molar refractivity (Wildman–Crippen MR) is 112 cm³/mol. The molecule has 32 heavy (non-hydrogen) atoms. The minimum absolute atomic E-state index is 0.0267. The number of nitrogens with one attached hydrogen (secondary N) is 2. The molecule has 8 nitrogen and oxygen atoms in total. The second-order valence-corrected chi connectivity index (χ2v) is 9.67. The van der Waals surface area contributed by atoms with Gasteiger partial charge in [-0.05, 0) is 38.1 Å². The Morgan fingerprint density at radius 1 is 1.19 bits per heavy atom. The Balaban J connectivity index is 1.67. The fourth-order valence-electron chi connectivity index (χ4n) is 3.98. The Bertz CT molecular complexity index is 1170. The third-order valence-corrected chi connectivity index (χ3v) is 7.32. The zero-order chi connectivity index (χ0) is 23.1. The Morgan fingerprint density at radius 2 is 1.97 bits per heavy atom. The highest BCUT2D eigenvalue weighted by atomic mass is 32.2. The molecule has 0 unspecified atom stereocenters. The van der Waals surface area contributed by atoms with Crippen molar-refractivity contribution in [1.82, 2.24) is 19.2 Å². The number of aryl methyl sites for hydroxylation is 1. The number of alkyl halides is 3. The topological polar surface area (TPSA) is 98.4 Å². The summed E-state index contributed by atoms with van der Waals surface area (Å²) in [5.74, 6) is 0.200. The van der Waals surface area contributed by atoms with E-state index >= 15 is 0 Å². The first-order valence-corrected chi connectivity index (χ1v) is 11.5. The van der Waals surface area contributed by atoms with Crippen LogP contribution in [0.15, 0.2) is 29.3 Å². The van der Waals surface area contributed by atoms with Gasteiger partial charge in [0.2, 0.25) is 10.0 Å². The molecule has 1 amide bonds. The molecule has 2 aliphatic heterocycles. The van der Waals surface area contributed by atoms with E-state index in [1.807, 2.05) is 0 Å². The molecule has 2 N–H and O–H groups in total. The molecule has 3 heterocycles. The van der Waals surface area contributed by atoms with Crippen LogP contribution in [0.4, 0.5) is 18.9 Å². The van der Waals surface area contributed by atoms with E-state index in [4.69, 9.17) is 0 Å². The lowest BCUT2D eigenvalue weighted by molar-refractivity contribution is -0.145. The number of anilines is 1. The van der Waals surface area contributed by atoms with Crippen molar-refractivity contribution in [3.05, 3.63) is 41.5 Å². The van der Waals surface area contributed by atoms with E-state index in [1.54, 1.807) is 13.0 Å². The monoisotopic (exact) mass is 469 g/mol. The van der Waals surface area contributed by atoms with Gasteiger partial charge in [-0.25, -0.2) is 13.4 Å². The van der Waals surface area contributed by atoms with Crippen molar-refractivity contribution < 1.29 is 26.4 Å². The molecule has 4 rings (SSSR count). The largest absolute Gasteiger partial charge is 0.401 e. The van der Waals surface area contributed by atoms with Gasteiger partial charge in [0, 0.05) is 25.2 Å². The highest BCUT2D eigenvalue weighted by molar-refractivity contribution is 7.89. The van der Waals surface area contributed by atoms with Crippen molar-refractivity contribution >= 4 is 33.3 Å². The molecule has 0 atom stereocenters. The van der Waals surface area contributed by atoms with Crippen LogP contribution >= 0.6 is 0 Å². The second-order valence-electron chi connectivity index (χ2n) is 7.76. The first-order valence-electron chi connectivity index (χ1n) is 10.0. The number of amides is 1. The summed E-state index contributed by atoms with van der Waals surface area (Å²) in [6.07, 6.45) is -0.995. The number of carbonyl (C=O) groups is 1. The Labute approximate surface area is 183 Å². The van der Waals surface area contributed by atoms with Crippen LogP contribution in [0.3, 0.4) is 0 Å². The average Bonchev–Trinajstić information content (AvgIpc) is 3.15. The van der Waals surface area contributed by atoms with Gasteiger partial charge in [-0.15, -0.1) is 0 Å². The summed E-state index contributed by atoms with van der Waals surface area (Å²) in [5, 5.41) is 2.68. The molecule has 0 bridgehead atoms. The third-order valence-electron chi connectivity index (χ3n) is 5.38. The zero-order valence-electron chi connectivity index (χ0n) is 17.2. The molecule has 0 radical (unpaired) electrons. The maximum Gasteiger partial charge on any atom is 0.401 e. The summed E-state index contributed by atoms with van der Waals surface area (Å²) in [7, 11) is -4.05. The van der Waals surface area contributed by atoms with Crippen molar-refractivity contribution in [3.63, 3.8) is 0 Å². The van der Waals surface area contributed by atoms with Crippen LogP contribution in [-0.2, 0) is 14.8 Å². The van der Waals surface area contributed by atoms with Gasteiger partial charge in [-0.1, -0.05) is 6.07 Å². The number of carbonyl (C=O) groups excluding carboxylic acids is 1. The molecule has 172 valence electrons. The van der Waals surface area contributed by atoms with Crippen LogP contribution in [0.5, 0.6) is 0 Å². The highest BCUT2D eigenvalue weighted by Gasteiger charge is 2.37. The number of aromatic amines is 1. The summed E-state index contributed by atoms with van der Waals surface area (Å²) >= 11 is 0. The molecule has 0 spiro atoms. The number of halogens is 3. The van der Waals surface area contributed by atoms with Gasteiger partial charge in [-0.3, -0.25) is 9.69 Å². The maximum atomic E-state index is 13.5. The summed E-state index contributed by atoms with van der Waals surface area (Å²) in [5.41, 5.74) is 1.34. The minimum Gasteiger partial charge on any atom is -0.343 e. The highest BCUT2D eigenvalue weighted by Crippen LogP contribution is 2.39. The van der Waals surface area contributed by atoms with Gasteiger partial charge in [-0.2, -0.15) is 17.5 Å². The van der Waals surface area contributed by atoms with Crippen molar-refractivity contribution in [2.24, 2.45) is 0 Å². The lowest BCUT2D eigenvalue weighted by Gasteiger charge is -2.23. The Morgan fingerprint density at radius 3 is 2.66 bits per heavy atom. The first-order chi connectivity index (χ1) is 15.0. The number of hydrogen-bond acceptors (Lipinski definition) is 5. The predicted octanol–water partition coefficient (Wildman–Crippen LogP) is 2.47. The zero-order valence-corrected chi connectivity index (χ0v) is 18.1. The van der Waals surface area contributed by atoms with Gasteiger partial charge in [0.05, 0.1) is 34.6 Å². The van der Waals surface area contributed by atoms with Crippen LogP contribution in [0.25, 0.3) is 11.6 Å². The van der Waals surface area contributed by atoms with Crippen LogP contribution in [0.2, 0.25) is 0 Å². The van der Waals surface area contributed by atoms with Gasteiger partial charge < -0.3 is 10.3 Å². The molecule has 1 aromatic heterocycles. The van der Waals surface area contributed by atoms with Crippen LogP contribution in [-0.4, -0.2) is 72.4 Å². The van der Waals surface area contributed by atoms with E-state index in [-0.39, 0.29) is 48.6 Å². The number of sulfonamides is 1. The van der Waals surface area contributed by atoms with Crippen molar-refractivity contribution in [2.45, 2.75) is 24.4 Å². The van der Waals surface area contributed by atoms with Crippen LogP contribution < -0.4 is 5.32 Å². The van der Waals surface area contributed by atoms with Crippen molar-refractivity contribution in [1.29, 1.82) is 0 Å². The molecular weight excluding hydrogens is 447 g/mol. The average molecular weight is 469 g/mol. The molecular formula is C20H22F3N5O3S. The van der Waals surface area contributed by atoms with E-state index in [0.717, 1.165) is 0 Å². The number of fused-ring (bicyclic) bond motifs is 1. The quantitative estimate of drug-likeness (QED) is 0.671. The lowest BCUT2D eigenvalue weighted by Crippen LogP contribution is -2.38. The number of rotatable bonds is 4. The van der Waals surface area contributed by atoms with Gasteiger partial charge in [0.1, 0.15) is 5.82 Å². The number of nitrogens with zero attached hydrogens (tertiary/aromatic N) is 3. The summed E-state index contributed by atoms with van der Waals surface area (Å²) < 4.78 is 66.5. The number of imidazole rings is 1. The maximum absolute atomic E-state index is 13.5. The summed E-state index contributed by atoms with van der Waals surface area (Å²) in [4.78, 5) is 20.8. The van der Waals surface area contributed by atoms with Gasteiger partial charge in [0.25, 0.3) is 5.91 Å². The first kappa shape index (κ1) is 22.5. The molecule has 2 aromatic rings. The van der Waals surface area contributed by atoms with Crippen LogP contribution in [0, 0.1) is 6.92 Å². The van der Waals surface area contributed by atoms with Crippen LogP contribution in [0.1, 0.15) is 23.5 Å². The van der Waals surface area contributed by atoms with E-state index in [0.29, 0.717) is 17.2 Å². The molecule has 0 saturated carbocycles. The normalized spacial score (nSPS) is 19.8. The van der Waals surface area contributed by atoms with E-state index in [2.05, 4.69) is 15.3 Å². The third kappa shape index (κ3) is 4.57. The van der Waals surface area contributed by atoms with E-state index in [9.17, 15) is 26.4 Å². The molecule has 1 saturated heterocycles. The second kappa shape index (κ2) is 8.34. The fraction of sp³-hybridized carbons (Fsp3) is 0.400. The Kier molecular flexibility index (Phi) is 5.86. The number of aromatic nitrogens is 2. The van der Waals surface area contributed by atoms with E-state index < -0.39 is 28.7 Å². The Hall–Kier alpha value is -2.70. The molecule has 2 aliphatic rings. The number of hydrogen-bond donors (Lipinski definition) is 2. The standard InChI is InChI=1S/C20H22F3N5O3S/c1-13-24-11-14(25-13)10-15-18-16(26-19(15)29)4-2-5-17(18)32(30,31)28-7-3-6-27(8-9-28)12-20(21,22)23/h2,4-5,10-11H,3,6-9,12H2,1H3,(H,24,25)(H,26,29). The SMILES string of the molecule is Cc1ncc(C=C2C(=O)Nc3cccc(S(=O)(=O)N4CCCN(CC(F)(F)F)CC4)c32)[nH]1. The fourth-order valence-corrected chi connectivity index (χ4v) is 5.67. The summed E-state index contributed by atoms with van der Waals surface area (Å²) in [6, 6.07) is 4.56. The molecule has 12 heteroatoms. The smallest absolute Gasteiger partial charge is 0.343 e. The number of benzene rings is 1. The lowest BCUT2D eigenvalue weighted by atomic mass is 10.1. The molecule has 1 fully saturated rings. The van der Waals surface area contributed by atoms with Gasteiger partial charge in [0.15, 0.2) is 0 Å². The summed E-state index contributed by atoms with van der Waals surface area (Å²) in [6.45, 7) is 0.838. The number of H-pyrrole nitrogens is 1. The minimum atomic E-state index is -4.34. The molecule has 1 aromatic carbocycles. The van der Waals surface area contributed by atoms with Crippen molar-refractivity contribution in [3.8, 4) is 0 Å². The van der Waals surface area contributed by atoms with Gasteiger partial charge >= 0.3 is 6.18 Å².